The zero-order chi connectivity index (χ0) is 19.7. The van der Waals surface area contributed by atoms with Crippen molar-refractivity contribution in [3.05, 3.63) is 0 Å². The highest BCUT2D eigenvalue weighted by atomic mass is 127. The molecule has 0 aromatic carbocycles. The lowest BCUT2D eigenvalue weighted by Crippen LogP contribution is -2.45. The third-order valence-corrected chi connectivity index (χ3v) is 10.4. The molecule has 0 saturated heterocycles. The average Bonchev–Trinajstić information content (AvgIpc) is 2.73. The topological polar surface area (TPSA) is 0 Å². The van der Waals surface area contributed by atoms with Crippen LogP contribution >= 0.6 is 22.6 Å². The van der Waals surface area contributed by atoms with E-state index in [1.165, 1.54) is 19.3 Å². The van der Waals surface area contributed by atoms with Crippen molar-refractivity contribution in [1.82, 2.24) is 0 Å². The first-order valence-electron chi connectivity index (χ1n) is 12.1. The van der Waals surface area contributed by atoms with Crippen LogP contribution < -0.4 is 0 Å². The van der Waals surface area contributed by atoms with Crippen LogP contribution in [0.5, 0.6) is 0 Å². The summed E-state index contributed by atoms with van der Waals surface area (Å²) in [6, 6.07) is 0. The van der Waals surface area contributed by atoms with E-state index < -0.39 is 18.5 Å². The Morgan fingerprint density at radius 3 is 1.57 bits per heavy atom. The van der Waals surface area contributed by atoms with Crippen LogP contribution in [0.2, 0.25) is 0 Å². The normalized spacial score (nSPS) is 49.1. The zero-order valence-corrected chi connectivity index (χ0v) is 19.3. The van der Waals surface area contributed by atoms with E-state index in [9.17, 15) is 4.39 Å². The third-order valence-electron chi connectivity index (χ3n) is 9.03. The predicted octanol–water partition coefficient (Wildman–Crippen LogP) is 8.02. The second kappa shape index (κ2) is 9.77. The molecular weight excluding hydrogens is 472 g/mol. The van der Waals surface area contributed by atoms with Crippen molar-refractivity contribution < 1.29 is 13.2 Å². The van der Waals surface area contributed by atoms with E-state index in [0.717, 1.165) is 70.6 Å². The van der Waals surface area contributed by atoms with Crippen molar-refractivity contribution in [3.8, 4) is 0 Å². The molecule has 7 unspecified atom stereocenters. The SMILES string of the molecule is FC1CC(C2CCC(C3CCC(C4CCCCC4)C(F)C3F)CC2)CCC1I. The minimum absolute atomic E-state index is 0.0205. The minimum Gasteiger partial charge on any atom is -0.246 e. The molecule has 4 saturated carbocycles. The van der Waals surface area contributed by atoms with E-state index in [0.29, 0.717) is 23.7 Å². The van der Waals surface area contributed by atoms with Crippen molar-refractivity contribution in [3.63, 3.8) is 0 Å². The van der Waals surface area contributed by atoms with Gasteiger partial charge in [-0.2, -0.15) is 0 Å². The van der Waals surface area contributed by atoms with E-state index in [1.807, 2.05) is 0 Å². The van der Waals surface area contributed by atoms with Crippen molar-refractivity contribution in [2.75, 3.05) is 0 Å². The highest BCUT2D eigenvalue weighted by Crippen LogP contribution is 2.49. The van der Waals surface area contributed by atoms with Gasteiger partial charge in [0.05, 0.1) is 0 Å². The maximum Gasteiger partial charge on any atom is 0.134 e. The van der Waals surface area contributed by atoms with Gasteiger partial charge in [0, 0.05) is 3.92 Å². The van der Waals surface area contributed by atoms with Gasteiger partial charge in [0.1, 0.15) is 18.5 Å². The Balaban J connectivity index is 1.28. The number of alkyl halides is 4. The Morgan fingerprint density at radius 1 is 0.500 bits per heavy atom. The molecular formula is C24H38F3I. The summed E-state index contributed by atoms with van der Waals surface area (Å²) in [5.41, 5.74) is 0. The molecule has 0 N–H and O–H groups in total. The maximum absolute atomic E-state index is 15.2. The van der Waals surface area contributed by atoms with E-state index in [-0.39, 0.29) is 15.8 Å². The molecule has 0 nitrogen and oxygen atoms in total. The Hall–Kier alpha value is 0.520. The second-order valence-electron chi connectivity index (χ2n) is 10.5. The first-order chi connectivity index (χ1) is 13.5. The Kier molecular flexibility index (Phi) is 7.58. The quantitative estimate of drug-likeness (QED) is 0.267. The molecule has 0 aromatic rings. The number of rotatable bonds is 3. The van der Waals surface area contributed by atoms with Gasteiger partial charge in [-0.15, -0.1) is 0 Å². The lowest BCUT2D eigenvalue weighted by Gasteiger charge is -2.45. The molecule has 4 fully saturated rings. The van der Waals surface area contributed by atoms with E-state index in [1.54, 1.807) is 0 Å². The van der Waals surface area contributed by atoms with Gasteiger partial charge in [-0.1, -0.05) is 54.7 Å². The smallest absolute Gasteiger partial charge is 0.134 e. The zero-order valence-electron chi connectivity index (χ0n) is 17.2. The molecule has 4 aliphatic rings. The van der Waals surface area contributed by atoms with Gasteiger partial charge in [-0.05, 0) is 93.3 Å². The van der Waals surface area contributed by atoms with Gasteiger partial charge >= 0.3 is 0 Å². The molecule has 0 spiro atoms. The fraction of sp³-hybridized carbons (Fsp3) is 1.00. The summed E-state index contributed by atoms with van der Waals surface area (Å²) in [5.74, 6) is 1.86. The first kappa shape index (κ1) is 21.7. The summed E-state index contributed by atoms with van der Waals surface area (Å²) in [4.78, 5) is 0. The molecule has 0 bridgehead atoms. The van der Waals surface area contributed by atoms with Gasteiger partial charge < -0.3 is 0 Å². The monoisotopic (exact) mass is 510 g/mol. The van der Waals surface area contributed by atoms with Crippen LogP contribution in [0, 0.1) is 35.5 Å². The Bertz CT molecular complexity index is 486. The maximum atomic E-state index is 15.2. The van der Waals surface area contributed by atoms with Crippen LogP contribution in [-0.2, 0) is 0 Å². The molecule has 162 valence electrons. The van der Waals surface area contributed by atoms with Crippen LogP contribution in [0.1, 0.15) is 89.9 Å². The fourth-order valence-electron chi connectivity index (χ4n) is 7.31. The molecule has 0 aromatic heterocycles. The Labute approximate surface area is 183 Å². The molecule has 4 aliphatic carbocycles. The van der Waals surface area contributed by atoms with Crippen LogP contribution in [0.15, 0.2) is 0 Å². The predicted molar refractivity (Wildman–Crippen MR) is 118 cm³/mol. The van der Waals surface area contributed by atoms with E-state index >= 15 is 8.78 Å². The summed E-state index contributed by atoms with van der Waals surface area (Å²) >= 11 is 2.27. The highest BCUT2D eigenvalue weighted by molar-refractivity contribution is 14.1. The van der Waals surface area contributed by atoms with Gasteiger partial charge in [0.25, 0.3) is 0 Å². The molecule has 4 heteroatoms. The summed E-state index contributed by atoms with van der Waals surface area (Å²) in [6.45, 7) is 0. The Morgan fingerprint density at radius 2 is 1.00 bits per heavy atom. The summed E-state index contributed by atoms with van der Waals surface area (Å²) in [7, 11) is 0. The molecule has 4 rings (SSSR count). The molecule has 0 heterocycles. The van der Waals surface area contributed by atoms with E-state index in [2.05, 4.69) is 22.6 Å². The highest BCUT2D eigenvalue weighted by Gasteiger charge is 2.46. The van der Waals surface area contributed by atoms with Gasteiger partial charge in [0.15, 0.2) is 0 Å². The molecule has 0 radical (unpaired) electrons. The fourth-order valence-corrected chi connectivity index (χ4v) is 7.96. The van der Waals surface area contributed by atoms with E-state index in [4.69, 9.17) is 0 Å². The molecule has 0 amide bonds. The standard InChI is InChI=1S/C24H38F3I/c25-21-14-18(10-13-22(21)28)15-6-8-17(9-7-15)20-12-11-19(23(26)24(20)27)16-4-2-1-3-5-16/h15-24H,1-14H2. The van der Waals surface area contributed by atoms with Gasteiger partial charge in [-0.25, -0.2) is 13.2 Å². The molecule has 0 aliphatic heterocycles. The minimum atomic E-state index is -1.24. The lowest BCUT2D eigenvalue weighted by atomic mass is 9.62. The lowest BCUT2D eigenvalue weighted by molar-refractivity contribution is -0.0369. The number of hydrogen-bond donors (Lipinski definition) is 0. The van der Waals surface area contributed by atoms with Gasteiger partial charge in [-0.3, -0.25) is 0 Å². The van der Waals surface area contributed by atoms with Crippen molar-refractivity contribution in [2.45, 2.75) is 112 Å². The van der Waals surface area contributed by atoms with Crippen LogP contribution in [0.25, 0.3) is 0 Å². The first-order valence-corrected chi connectivity index (χ1v) is 13.4. The van der Waals surface area contributed by atoms with Crippen molar-refractivity contribution in [2.24, 2.45) is 35.5 Å². The van der Waals surface area contributed by atoms with Crippen molar-refractivity contribution in [1.29, 1.82) is 0 Å². The largest absolute Gasteiger partial charge is 0.246 e. The summed E-state index contributed by atoms with van der Waals surface area (Å²) in [5, 5.41) is 0. The third kappa shape index (κ3) is 4.72. The van der Waals surface area contributed by atoms with Crippen molar-refractivity contribution >= 4 is 22.6 Å². The second-order valence-corrected chi connectivity index (χ2v) is 12.1. The number of hydrogen-bond acceptors (Lipinski definition) is 0. The number of halogens is 4. The molecule has 28 heavy (non-hydrogen) atoms. The summed E-state index contributed by atoms with van der Waals surface area (Å²) in [6.07, 6.45) is 11.8. The van der Waals surface area contributed by atoms with Gasteiger partial charge in [0.2, 0.25) is 0 Å². The van der Waals surface area contributed by atoms with Crippen LogP contribution in [0.3, 0.4) is 0 Å². The summed E-state index contributed by atoms with van der Waals surface area (Å²) < 4.78 is 44.5. The van der Waals surface area contributed by atoms with Crippen LogP contribution in [-0.4, -0.2) is 22.4 Å². The molecule has 7 atom stereocenters. The average molecular weight is 510 g/mol. The van der Waals surface area contributed by atoms with Crippen LogP contribution in [0.4, 0.5) is 13.2 Å².